The van der Waals surface area contributed by atoms with E-state index in [1.54, 1.807) is 0 Å². The highest BCUT2D eigenvalue weighted by molar-refractivity contribution is 9.10. The van der Waals surface area contributed by atoms with Crippen LogP contribution in [0.15, 0.2) is 33.3 Å². The smallest absolute Gasteiger partial charge is 0.239 e. The third-order valence-electron chi connectivity index (χ3n) is 9.65. The highest BCUT2D eigenvalue weighted by Crippen LogP contribution is 2.45. The minimum absolute atomic E-state index is 0.0913. The molecule has 3 aliphatic heterocycles. The lowest BCUT2D eigenvalue weighted by molar-refractivity contribution is -0.394. The quantitative estimate of drug-likeness (QED) is 0.490. The van der Waals surface area contributed by atoms with Gasteiger partial charge in [0.05, 0.1) is 22.5 Å². The average Bonchev–Trinajstić information content (AvgIpc) is 3.33. The monoisotopic (exact) mass is 707 g/mol. The summed E-state index contributed by atoms with van der Waals surface area (Å²) in [6.45, 7) is 3.43. The van der Waals surface area contributed by atoms with E-state index < -0.39 is 6.10 Å². The molecule has 0 unspecified atom stereocenters. The van der Waals surface area contributed by atoms with Crippen molar-refractivity contribution in [3.8, 4) is 0 Å². The van der Waals surface area contributed by atoms with Gasteiger partial charge in [-0.15, -0.1) is 0 Å². The van der Waals surface area contributed by atoms with Crippen molar-refractivity contribution in [3.05, 3.63) is 60.7 Å². The van der Waals surface area contributed by atoms with Gasteiger partial charge >= 0.3 is 0 Å². The van der Waals surface area contributed by atoms with Crippen LogP contribution in [-0.2, 0) is 22.4 Å². The van der Waals surface area contributed by atoms with Gasteiger partial charge in [-0.05, 0) is 102 Å². The summed E-state index contributed by atoms with van der Waals surface area (Å²) in [5, 5.41) is 13.6. The van der Waals surface area contributed by atoms with E-state index in [4.69, 9.17) is 11.6 Å². The molecule has 4 heterocycles. The normalized spacial score (nSPS) is 25.5. The van der Waals surface area contributed by atoms with Crippen LogP contribution in [0.4, 0.5) is 0 Å². The summed E-state index contributed by atoms with van der Waals surface area (Å²) in [5.41, 5.74) is 5.26. The number of rotatable bonds is 4. The van der Waals surface area contributed by atoms with E-state index in [9.17, 15) is 14.7 Å². The molecule has 1 aliphatic carbocycles. The number of fused-ring (bicyclic) bond motifs is 2. The maximum absolute atomic E-state index is 13.4. The summed E-state index contributed by atoms with van der Waals surface area (Å²) in [4.78, 5) is 33.7. The summed E-state index contributed by atoms with van der Waals surface area (Å²) in [7, 11) is 0. The Balaban J connectivity index is 1.08. The summed E-state index contributed by atoms with van der Waals surface area (Å²) in [6.07, 6.45) is 8.21. The topological polar surface area (TPSA) is 87.0 Å². The Hall–Kier alpha value is -1.52. The van der Waals surface area contributed by atoms with Crippen LogP contribution < -0.4 is 10.3 Å². The Morgan fingerprint density at radius 1 is 1.00 bits per heavy atom. The maximum Gasteiger partial charge on any atom is 0.239 e. The second kappa shape index (κ2) is 12.6. The van der Waals surface area contributed by atoms with E-state index in [0.717, 1.165) is 65.6 Å². The van der Waals surface area contributed by atoms with Crippen LogP contribution in [0, 0.1) is 11.8 Å². The highest BCUT2D eigenvalue weighted by atomic mass is 79.9. The maximum atomic E-state index is 13.4. The molecule has 7 nitrogen and oxygen atoms in total. The molecule has 4 aliphatic rings. The number of aromatic nitrogens is 1. The fourth-order valence-corrected chi connectivity index (χ4v) is 8.95. The zero-order valence-corrected chi connectivity index (χ0v) is 27.1. The number of carbonyl (C=O) groups is 2. The minimum Gasteiger partial charge on any atom is -0.392 e. The third kappa shape index (κ3) is 6.40. The molecule has 0 radical (unpaired) electrons. The number of aliphatic hydroxyl groups is 1. The molecule has 1 aromatic heterocycles. The largest absolute Gasteiger partial charge is 0.392 e. The van der Waals surface area contributed by atoms with Crippen LogP contribution in [0.3, 0.4) is 0 Å². The second-order valence-corrected chi connectivity index (χ2v) is 14.4. The summed E-state index contributed by atoms with van der Waals surface area (Å²) in [5.74, 6) is 1.30. The van der Waals surface area contributed by atoms with Gasteiger partial charge in [0.1, 0.15) is 0 Å². The fourth-order valence-electron chi connectivity index (χ4n) is 7.44. The third-order valence-corrected chi connectivity index (χ3v) is 11.0. The van der Waals surface area contributed by atoms with Crippen molar-refractivity contribution >= 4 is 55.3 Å². The SMILES string of the molecule is O=C(CC1CCN(C(=O)[C@@H]2C[C@@H](O)CN2)CC1)N1CCC([C@H]2c3[nH+]cc(Br)cc3CCc3cc(Cl)cc(Br)c32)CC1. The predicted molar refractivity (Wildman–Crippen MR) is 165 cm³/mol. The molecular formula is C31H38Br2ClN4O3+. The Morgan fingerprint density at radius 2 is 1.71 bits per heavy atom. The number of nitrogens with zero attached hydrogens (tertiary/aromatic N) is 2. The summed E-state index contributed by atoms with van der Waals surface area (Å²) in [6, 6.07) is 6.11. The second-order valence-electron chi connectivity index (χ2n) is 12.2. The zero-order valence-electron chi connectivity index (χ0n) is 23.2. The van der Waals surface area contributed by atoms with Crippen molar-refractivity contribution in [2.24, 2.45) is 11.8 Å². The molecule has 3 N–H and O–H groups in total. The van der Waals surface area contributed by atoms with Crippen molar-refractivity contribution in [3.63, 3.8) is 0 Å². The number of nitrogens with one attached hydrogen (secondary N) is 2. The van der Waals surface area contributed by atoms with Gasteiger partial charge in [-0.25, -0.2) is 4.98 Å². The van der Waals surface area contributed by atoms with E-state index in [0.29, 0.717) is 44.3 Å². The number of piperidine rings is 2. The molecule has 3 saturated heterocycles. The molecule has 3 atom stereocenters. The number of β-amino-alcohol motifs (C(OH)–C–C–N with tert-alkyl or cyclic N) is 1. The molecule has 0 saturated carbocycles. The number of amides is 2. The van der Waals surface area contributed by atoms with E-state index in [1.165, 1.54) is 22.4 Å². The molecule has 2 aromatic rings. The fraction of sp³-hybridized carbons (Fsp3) is 0.581. The van der Waals surface area contributed by atoms with Crippen molar-refractivity contribution in [1.82, 2.24) is 15.1 Å². The molecule has 1 aromatic carbocycles. The molecule has 3 fully saturated rings. The number of H-pyrrole nitrogens is 1. The number of benzene rings is 1. The van der Waals surface area contributed by atoms with Crippen LogP contribution in [0.2, 0.25) is 5.02 Å². The highest BCUT2D eigenvalue weighted by Gasteiger charge is 2.39. The van der Waals surface area contributed by atoms with E-state index >= 15 is 0 Å². The van der Waals surface area contributed by atoms with Gasteiger partial charge in [0.25, 0.3) is 0 Å². The molecular weight excluding hydrogens is 672 g/mol. The molecule has 0 bridgehead atoms. The zero-order chi connectivity index (χ0) is 28.7. The summed E-state index contributed by atoms with van der Waals surface area (Å²) < 4.78 is 2.13. The van der Waals surface area contributed by atoms with Crippen LogP contribution >= 0.6 is 43.5 Å². The lowest BCUT2D eigenvalue weighted by Crippen LogP contribution is -2.47. The molecule has 220 valence electrons. The first-order valence-electron chi connectivity index (χ1n) is 14.9. The van der Waals surface area contributed by atoms with E-state index in [2.05, 4.69) is 59.2 Å². The molecule has 0 spiro atoms. The van der Waals surface area contributed by atoms with Crippen molar-refractivity contribution in [2.75, 3.05) is 32.7 Å². The Morgan fingerprint density at radius 3 is 2.41 bits per heavy atom. The van der Waals surface area contributed by atoms with Crippen LogP contribution in [-0.4, -0.2) is 71.6 Å². The number of aryl methyl sites for hydroxylation is 2. The van der Waals surface area contributed by atoms with Gasteiger partial charge in [0.15, 0.2) is 11.9 Å². The summed E-state index contributed by atoms with van der Waals surface area (Å²) >= 11 is 14.0. The minimum atomic E-state index is -0.435. The lowest BCUT2D eigenvalue weighted by Gasteiger charge is -2.37. The average molecular weight is 710 g/mol. The van der Waals surface area contributed by atoms with Crippen LogP contribution in [0.1, 0.15) is 66.8 Å². The predicted octanol–water partition coefficient (Wildman–Crippen LogP) is 4.50. The number of pyridine rings is 1. The molecule has 10 heteroatoms. The molecule has 2 amide bonds. The van der Waals surface area contributed by atoms with Gasteiger partial charge in [-0.1, -0.05) is 27.5 Å². The Bertz CT molecular complexity index is 1310. The number of hydrogen-bond donors (Lipinski definition) is 2. The number of aliphatic hydroxyl groups excluding tert-OH is 1. The number of aromatic amines is 1. The number of carbonyl (C=O) groups excluding carboxylic acids is 2. The van der Waals surface area contributed by atoms with Crippen molar-refractivity contribution in [2.45, 2.75) is 69.4 Å². The van der Waals surface area contributed by atoms with Gasteiger partial charge in [-0.2, -0.15) is 0 Å². The van der Waals surface area contributed by atoms with Gasteiger partial charge in [-0.3, -0.25) is 9.59 Å². The van der Waals surface area contributed by atoms with Gasteiger partial charge in [0, 0.05) is 54.2 Å². The van der Waals surface area contributed by atoms with Crippen molar-refractivity contribution < 1.29 is 19.7 Å². The first-order valence-corrected chi connectivity index (χ1v) is 16.9. The number of halogens is 3. The van der Waals surface area contributed by atoms with E-state index in [1.807, 2.05) is 17.2 Å². The molecule has 6 rings (SSSR count). The van der Waals surface area contributed by atoms with Crippen LogP contribution in [0.25, 0.3) is 0 Å². The van der Waals surface area contributed by atoms with Crippen molar-refractivity contribution in [1.29, 1.82) is 0 Å². The van der Waals surface area contributed by atoms with Crippen LogP contribution in [0.5, 0.6) is 0 Å². The molecule has 41 heavy (non-hydrogen) atoms. The lowest BCUT2D eigenvalue weighted by atomic mass is 9.76. The van der Waals surface area contributed by atoms with E-state index in [-0.39, 0.29) is 23.8 Å². The number of likely N-dealkylation sites (tertiary alicyclic amines) is 2. The standard InChI is InChI=1S/C31H37Br2ClN4O3/c32-22-12-21-2-1-20-13-23(34)14-25(33)28(20)29(30(21)36-16-22)19-5-9-37(10-6-19)27(40)11-18-3-7-38(8-4-18)31(41)26-15-24(39)17-35-26/h12-14,16,18-19,24,26,29,35,39H,1-11,15,17H2/p+1/t24-,26+,29-/m1/s1. The first-order chi connectivity index (χ1) is 19.8. The Kier molecular flexibility index (Phi) is 9.09. The van der Waals surface area contributed by atoms with Gasteiger partial charge < -0.3 is 20.2 Å². The Labute approximate surface area is 263 Å². The van der Waals surface area contributed by atoms with Gasteiger partial charge in [0.2, 0.25) is 11.8 Å². The number of hydrogen-bond acceptors (Lipinski definition) is 4. The first kappa shape index (κ1) is 29.5.